The standard InChI is InChI=1S/C19H25N3O2.ClH/c20-13-6-2-1-3-12-18(23)21-14-19(24)22-17-11-7-9-15-8-4-5-10-16(15)17;/h4-5,7-11H,1-3,6,12-14,20H2,(H,21,23)(H,22,24);1H. The molecule has 2 aromatic carbocycles. The fourth-order valence-electron chi connectivity index (χ4n) is 2.58. The second-order valence-electron chi connectivity index (χ2n) is 5.80. The molecule has 0 spiro atoms. The predicted octanol–water partition coefficient (Wildman–Crippen LogP) is 3.23. The number of hydrogen-bond acceptors (Lipinski definition) is 3. The van der Waals surface area contributed by atoms with E-state index in [1.54, 1.807) is 0 Å². The van der Waals surface area contributed by atoms with Crippen molar-refractivity contribution in [1.29, 1.82) is 0 Å². The van der Waals surface area contributed by atoms with Crippen LogP contribution in [0.3, 0.4) is 0 Å². The Hall–Kier alpha value is -2.11. The number of rotatable bonds is 9. The zero-order valence-corrected chi connectivity index (χ0v) is 15.1. The Morgan fingerprint density at radius 1 is 0.880 bits per heavy atom. The van der Waals surface area contributed by atoms with Crippen LogP contribution in [0.4, 0.5) is 5.69 Å². The van der Waals surface area contributed by atoms with Gasteiger partial charge in [-0.1, -0.05) is 49.2 Å². The van der Waals surface area contributed by atoms with Crippen LogP contribution in [-0.2, 0) is 9.59 Å². The summed E-state index contributed by atoms with van der Waals surface area (Å²) in [7, 11) is 0. The minimum absolute atomic E-state index is 0. The van der Waals surface area contributed by atoms with Gasteiger partial charge in [0.2, 0.25) is 11.8 Å². The monoisotopic (exact) mass is 363 g/mol. The molecule has 2 rings (SSSR count). The van der Waals surface area contributed by atoms with Gasteiger partial charge in [0, 0.05) is 17.5 Å². The van der Waals surface area contributed by atoms with Crippen LogP contribution in [0.1, 0.15) is 32.1 Å². The molecule has 0 heterocycles. The van der Waals surface area contributed by atoms with E-state index in [0.29, 0.717) is 13.0 Å². The molecule has 0 aliphatic rings. The highest BCUT2D eigenvalue weighted by atomic mass is 35.5. The third-order valence-electron chi connectivity index (χ3n) is 3.87. The molecule has 0 unspecified atom stereocenters. The number of unbranched alkanes of at least 4 members (excludes halogenated alkanes) is 3. The van der Waals surface area contributed by atoms with Gasteiger partial charge in [-0.2, -0.15) is 0 Å². The molecular weight excluding hydrogens is 338 g/mol. The van der Waals surface area contributed by atoms with E-state index in [1.807, 2.05) is 42.5 Å². The van der Waals surface area contributed by atoms with Gasteiger partial charge in [0.15, 0.2) is 0 Å². The number of carbonyl (C=O) groups excluding carboxylic acids is 2. The highest BCUT2D eigenvalue weighted by molar-refractivity contribution is 6.03. The maximum absolute atomic E-state index is 12.0. The van der Waals surface area contributed by atoms with E-state index in [0.717, 1.165) is 42.1 Å². The predicted molar refractivity (Wildman–Crippen MR) is 105 cm³/mol. The molecule has 0 saturated heterocycles. The number of amides is 2. The van der Waals surface area contributed by atoms with Crippen LogP contribution in [0.15, 0.2) is 42.5 Å². The molecule has 0 aliphatic heterocycles. The zero-order chi connectivity index (χ0) is 17.2. The molecule has 0 aliphatic carbocycles. The lowest BCUT2D eigenvalue weighted by atomic mass is 10.1. The maximum atomic E-state index is 12.0. The van der Waals surface area contributed by atoms with Crippen LogP contribution in [0, 0.1) is 0 Å². The molecule has 25 heavy (non-hydrogen) atoms. The highest BCUT2D eigenvalue weighted by Crippen LogP contribution is 2.22. The lowest BCUT2D eigenvalue weighted by molar-refractivity contribution is -0.124. The Morgan fingerprint density at radius 3 is 2.40 bits per heavy atom. The first-order valence-electron chi connectivity index (χ1n) is 8.45. The van der Waals surface area contributed by atoms with Crippen molar-refractivity contribution >= 4 is 40.7 Å². The molecule has 0 bridgehead atoms. The van der Waals surface area contributed by atoms with E-state index in [4.69, 9.17) is 5.73 Å². The number of carbonyl (C=O) groups is 2. The van der Waals surface area contributed by atoms with E-state index in [1.165, 1.54) is 0 Å². The fourth-order valence-corrected chi connectivity index (χ4v) is 2.58. The van der Waals surface area contributed by atoms with Gasteiger partial charge in [-0.05, 0) is 30.8 Å². The second-order valence-corrected chi connectivity index (χ2v) is 5.80. The van der Waals surface area contributed by atoms with Crippen molar-refractivity contribution in [2.75, 3.05) is 18.4 Å². The molecule has 0 aromatic heterocycles. The van der Waals surface area contributed by atoms with Gasteiger partial charge in [-0.3, -0.25) is 9.59 Å². The van der Waals surface area contributed by atoms with E-state index in [2.05, 4.69) is 10.6 Å². The molecule has 2 aromatic rings. The average molecular weight is 364 g/mol. The molecule has 0 radical (unpaired) electrons. The van der Waals surface area contributed by atoms with E-state index in [-0.39, 0.29) is 30.8 Å². The molecule has 0 saturated carbocycles. The first kappa shape index (κ1) is 20.9. The number of nitrogens with two attached hydrogens (primary N) is 1. The van der Waals surface area contributed by atoms with Crippen LogP contribution in [0.5, 0.6) is 0 Å². The summed E-state index contributed by atoms with van der Waals surface area (Å²) in [6, 6.07) is 13.6. The number of benzene rings is 2. The van der Waals surface area contributed by atoms with Crippen molar-refractivity contribution in [3.63, 3.8) is 0 Å². The number of anilines is 1. The van der Waals surface area contributed by atoms with Gasteiger partial charge in [0.05, 0.1) is 6.54 Å². The Balaban J connectivity index is 0.00000312. The van der Waals surface area contributed by atoms with E-state index >= 15 is 0 Å². The quantitative estimate of drug-likeness (QED) is 0.598. The topological polar surface area (TPSA) is 84.2 Å². The molecule has 5 nitrogen and oxygen atoms in total. The maximum Gasteiger partial charge on any atom is 0.243 e. The van der Waals surface area contributed by atoms with Crippen LogP contribution in [0.25, 0.3) is 10.8 Å². The Bertz CT molecular complexity index is 686. The van der Waals surface area contributed by atoms with Crippen LogP contribution < -0.4 is 16.4 Å². The summed E-state index contributed by atoms with van der Waals surface area (Å²) in [6.45, 7) is 0.686. The molecule has 6 heteroatoms. The number of hydrogen-bond donors (Lipinski definition) is 3. The summed E-state index contributed by atoms with van der Waals surface area (Å²) < 4.78 is 0. The van der Waals surface area contributed by atoms with Gasteiger partial charge >= 0.3 is 0 Å². The number of nitrogens with one attached hydrogen (secondary N) is 2. The van der Waals surface area contributed by atoms with E-state index in [9.17, 15) is 9.59 Å². The molecule has 0 atom stereocenters. The largest absolute Gasteiger partial charge is 0.347 e. The van der Waals surface area contributed by atoms with Crippen molar-refractivity contribution < 1.29 is 9.59 Å². The smallest absolute Gasteiger partial charge is 0.243 e. The van der Waals surface area contributed by atoms with Crippen molar-refractivity contribution in [3.05, 3.63) is 42.5 Å². The highest BCUT2D eigenvalue weighted by Gasteiger charge is 2.07. The Morgan fingerprint density at radius 2 is 1.60 bits per heavy atom. The van der Waals surface area contributed by atoms with Crippen LogP contribution in [0.2, 0.25) is 0 Å². The lowest BCUT2D eigenvalue weighted by Crippen LogP contribution is -2.32. The first-order chi connectivity index (χ1) is 11.7. The van der Waals surface area contributed by atoms with Crippen molar-refractivity contribution in [1.82, 2.24) is 5.32 Å². The lowest BCUT2D eigenvalue weighted by Gasteiger charge is -2.09. The van der Waals surface area contributed by atoms with Gasteiger partial charge in [-0.25, -0.2) is 0 Å². The molecule has 2 amide bonds. The minimum Gasteiger partial charge on any atom is -0.347 e. The summed E-state index contributed by atoms with van der Waals surface area (Å²) in [4.78, 5) is 23.8. The number of fused-ring (bicyclic) bond motifs is 1. The van der Waals surface area contributed by atoms with Gasteiger partial charge in [0.1, 0.15) is 0 Å². The van der Waals surface area contributed by atoms with Crippen LogP contribution >= 0.6 is 12.4 Å². The molecule has 4 N–H and O–H groups in total. The average Bonchev–Trinajstić information content (AvgIpc) is 2.60. The fraction of sp³-hybridized carbons (Fsp3) is 0.368. The third-order valence-corrected chi connectivity index (χ3v) is 3.87. The molecular formula is C19H26ClN3O2. The summed E-state index contributed by atoms with van der Waals surface area (Å²) in [6.07, 6.45) is 4.32. The number of halogens is 1. The first-order valence-corrected chi connectivity index (χ1v) is 8.45. The van der Waals surface area contributed by atoms with Crippen molar-refractivity contribution in [3.8, 4) is 0 Å². The third kappa shape index (κ3) is 7.11. The molecule has 136 valence electrons. The van der Waals surface area contributed by atoms with Gasteiger partial charge < -0.3 is 16.4 Å². The zero-order valence-electron chi connectivity index (χ0n) is 14.3. The van der Waals surface area contributed by atoms with Crippen LogP contribution in [-0.4, -0.2) is 24.9 Å². The second kappa shape index (κ2) is 11.4. The minimum atomic E-state index is -0.220. The van der Waals surface area contributed by atoms with Gasteiger partial charge in [0.25, 0.3) is 0 Å². The summed E-state index contributed by atoms with van der Waals surface area (Å²) in [5.41, 5.74) is 6.18. The molecule has 0 fully saturated rings. The SMILES string of the molecule is Cl.NCCCCCCC(=O)NCC(=O)Nc1cccc2ccccc12. The van der Waals surface area contributed by atoms with Crippen molar-refractivity contribution in [2.45, 2.75) is 32.1 Å². The van der Waals surface area contributed by atoms with Crippen molar-refractivity contribution in [2.24, 2.45) is 5.73 Å². The Kier molecular flexibility index (Phi) is 9.58. The Labute approximate surface area is 154 Å². The summed E-state index contributed by atoms with van der Waals surface area (Å²) in [5, 5.41) is 7.57. The summed E-state index contributed by atoms with van der Waals surface area (Å²) in [5.74, 6) is -0.307. The van der Waals surface area contributed by atoms with E-state index < -0.39 is 0 Å². The normalized spacial score (nSPS) is 10.1. The van der Waals surface area contributed by atoms with Gasteiger partial charge in [-0.15, -0.1) is 12.4 Å². The summed E-state index contributed by atoms with van der Waals surface area (Å²) >= 11 is 0.